The minimum atomic E-state index is -0.864. The van der Waals surface area contributed by atoms with E-state index in [2.05, 4.69) is 5.32 Å². The monoisotopic (exact) mass is 437 g/mol. The van der Waals surface area contributed by atoms with E-state index >= 15 is 0 Å². The Hall–Kier alpha value is -2.84. The molecule has 29 heavy (non-hydrogen) atoms. The van der Waals surface area contributed by atoms with Gasteiger partial charge in [-0.2, -0.15) is 0 Å². The molecule has 1 aliphatic rings. The van der Waals surface area contributed by atoms with Crippen molar-refractivity contribution in [1.82, 2.24) is 0 Å². The first-order valence-corrected chi connectivity index (χ1v) is 9.44. The SMILES string of the molecule is CC(C)C1Oc2cc([N+](=O)[O-])ccc2N(CC(=O)Nc2ccc(Cl)cc2Cl)C1=O. The number of nitro benzene ring substituents is 1. The van der Waals surface area contributed by atoms with Gasteiger partial charge in [-0.1, -0.05) is 37.0 Å². The fourth-order valence-corrected chi connectivity index (χ4v) is 3.36. The summed E-state index contributed by atoms with van der Waals surface area (Å²) in [6, 6.07) is 8.51. The van der Waals surface area contributed by atoms with Crippen molar-refractivity contribution in [3.63, 3.8) is 0 Å². The van der Waals surface area contributed by atoms with Crippen LogP contribution in [0.4, 0.5) is 17.1 Å². The molecule has 10 heteroatoms. The second kappa shape index (κ2) is 8.26. The summed E-state index contributed by atoms with van der Waals surface area (Å²) >= 11 is 11.9. The van der Waals surface area contributed by atoms with E-state index in [4.69, 9.17) is 27.9 Å². The summed E-state index contributed by atoms with van der Waals surface area (Å²) in [5.74, 6) is -0.920. The maximum absolute atomic E-state index is 12.9. The molecule has 0 spiro atoms. The predicted octanol–water partition coefficient (Wildman–Crippen LogP) is 4.29. The molecule has 0 aliphatic carbocycles. The van der Waals surface area contributed by atoms with Gasteiger partial charge in [-0.15, -0.1) is 0 Å². The molecule has 2 aromatic carbocycles. The van der Waals surface area contributed by atoms with Crippen molar-refractivity contribution >= 4 is 52.1 Å². The lowest BCUT2D eigenvalue weighted by Gasteiger charge is -2.35. The number of halogens is 2. The normalized spacial score (nSPS) is 15.7. The number of nitrogens with zero attached hydrogens (tertiary/aromatic N) is 2. The number of ether oxygens (including phenoxy) is 1. The van der Waals surface area contributed by atoms with Crippen molar-refractivity contribution in [2.24, 2.45) is 5.92 Å². The van der Waals surface area contributed by atoms with Gasteiger partial charge in [0.25, 0.3) is 11.6 Å². The van der Waals surface area contributed by atoms with Crippen LogP contribution in [0.5, 0.6) is 5.75 Å². The molecule has 3 rings (SSSR count). The van der Waals surface area contributed by atoms with Crippen LogP contribution in [0.25, 0.3) is 0 Å². The largest absolute Gasteiger partial charge is 0.478 e. The van der Waals surface area contributed by atoms with E-state index in [9.17, 15) is 19.7 Å². The van der Waals surface area contributed by atoms with Crippen LogP contribution in [0.3, 0.4) is 0 Å². The van der Waals surface area contributed by atoms with Crippen LogP contribution in [0.1, 0.15) is 13.8 Å². The Morgan fingerprint density at radius 1 is 1.28 bits per heavy atom. The highest BCUT2D eigenvalue weighted by Gasteiger charge is 2.38. The lowest BCUT2D eigenvalue weighted by molar-refractivity contribution is -0.384. The van der Waals surface area contributed by atoms with Crippen LogP contribution in [-0.4, -0.2) is 29.4 Å². The summed E-state index contributed by atoms with van der Waals surface area (Å²) in [6.45, 7) is 3.27. The average Bonchev–Trinajstić information content (AvgIpc) is 2.65. The van der Waals surface area contributed by atoms with Crippen LogP contribution in [0.2, 0.25) is 10.0 Å². The van der Waals surface area contributed by atoms with E-state index in [0.29, 0.717) is 10.7 Å². The molecule has 0 bridgehead atoms. The molecule has 2 aromatic rings. The molecule has 0 saturated carbocycles. The first kappa shape index (κ1) is 20.9. The summed E-state index contributed by atoms with van der Waals surface area (Å²) in [4.78, 5) is 37.2. The molecule has 1 atom stereocenters. The standard InChI is InChI=1S/C19H17Cl2N3O5/c1-10(2)18-19(26)23(15-6-4-12(24(27)28)8-16(15)29-18)9-17(25)22-14-5-3-11(20)7-13(14)21/h3-8,10,18H,9H2,1-2H3,(H,22,25). The van der Waals surface area contributed by atoms with Crippen molar-refractivity contribution in [2.75, 3.05) is 16.8 Å². The molecule has 0 fully saturated rings. The number of hydrogen-bond donors (Lipinski definition) is 1. The molecule has 1 heterocycles. The van der Waals surface area contributed by atoms with Gasteiger partial charge in [0.15, 0.2) is 11.9 Å². The summed E-state index contributed by atoms with van der Waals surface area (Å²) in [6.07, 6.45) is -0.864. The zero-order valence-electron chi connectivity index (χ0n) is 15.5. The number of hydrogen-bond acceptors (Lipinski definition) is 5. The third-order valence-electron chi connectivity index (χ3n) is 4.32. The van der Waals surface area contributed by atoms with Crippen molar-refractivity contribution in [1.29, 1.82) is 0 Å². The third-order valence-corrected chi connectivity index (χ3v) is 4.87. The fourth-order valence-electron chi connectivity index (χ4n) is 2.90. The quantitative estimate of drug-likeness (QED) is 0.554. The molecule has 1 unspecified atom stereocenters. The Bertz CT molecular complexity index is 996. The first-order chi connectivity index (χ1) is 13.7. The Morgan fingerprint density at radius 2 is 2.00 bits per heavy atom. The van der Waals surface area contributed by atoms with Gasteiger partial charge in [-0.05, 0) is 30.2 Å². The highest BCUT2D eigenvalue weighted by molar-refractivity contribution is 6.36. The molecule has 0 saturated heterocycles. The number of rotatable bonds is 5. The third kappa shape index (κ3) is 4.44. The molecule has 1 N–H and O–H groups in total. The van der Waals surface area contributed by atoms with Crippen LogP contribution < -0.4 is 15.0 Å². The number of non-ortho nitro benzene ring substituents is 1. The van der Waals surface area contributed by atoms with E-state index in [1.165, 1.54) is 29.2 Å². The maximum atomic E-state index is 12.9. The zero-order valence-corrected chi connectivity index (χ0v) is 17.0. The maximum Gasteiger partial charge on any atom is 0.273 e. The fraction of sp³-hybridized carbons (Fsp3) is 0.263. The van der Waals surface area contributed by atoms with Gasteiger partial charge in [-0.3, -0.25) is 24.6 Å². The van der Waals surface area contributed by atoms with Gasteiger partial charge in [-0.25, -0.2) is 0 Å². The summed E-state index contributed by atoms with van der Waals surface area (Å²) < 4.78 is 5.70. The Labute approximate surface area is 176 Å². The minimum absolute atomic E-state index is 0.169. The second-order valence-electron chi connectivity index (χ2n) is 6.79. The first-order valence-electron chi connectivity index (χ1n) is 8.68. The smallest absolute Gasteiger partial charge is 0.273 e. The van der Waals surface area contributed by atoms with Crippen molar-refractivity contribution in [3.05, 3.63) is 56.6 Å². The molecule has 152 valence electrons. The van der Waals surface area contributed by atoms with Crippen LogP contribution in [0, 0.1) is 16.0 Å². The van der Waals surface area contributed by atoms with Crippen LogP contribution >= 0.6 is 23.2 Å². The molecule has 0 radical (unpaired) electrons. The number of carbonyl (C=O) groups excluding carboxylic acids is 2. The van der Waals surface area contributed by atoms with Crippen molar-refractivity contribution in [3.8, 4) is 5.75 Å². The van der Waals surface area contributed by atoms with E-state index in [1.54, 1.807) is 26.0 Å². The summed E-state index contributed by atoms with van der Waals surface area (Å²) in [7, 11) is 0. The van der Waals surface area contributed by atoms with Crippen molar-refractivity contribution in [2.45, 2.75) is 20.0 Å². The van der Waals surface area contributed by atoms with Gasteiger partial charge >= 0.3 is 0 Å². The summed E-state index contributed by atoms with van der Waals surface area (Å²) in [5.41, 5.74) is 0.471. The number of benzene rings is 2. The van der Waals surface area contributed by atoms with Gasteiger partial charge in [0.1, 0.15) is 6.54 Å². The van der Waals surface area contributed by atoms with Gasteiger partial charge in [0.05, 0.1) is 27.4 Å². The number of amides is 2. The Balaban J connectivity index is 1.89. The second-order valence-corrected chi connectivity index (χ2v) is 7.63. The van der Waals surface area contributed by atoms with E-state index in [1.807, 2.05) is 0 Å². The Morgan fingerprint density at radius 3 is 2.62 bits per heavy atom. The molecular formula is C19H17Cl2N3O5. The Kier molecular flexibility index (Phi) is 5.95. The number of fused-ring (bicyclic) bond motifs is 1. The number of carbonyl (C=O) groups is 2. The van der Waals surface area contributed by atoms with Crippen molar-refractivity contribution < 1.29 is 19.2 Å². The zero-order chi connectivity index (χ0) is 21.3. The van der Waals surface area contributed by atoms with Crippen LogP contribution in [0.15, 0.2) is 36.4 Å². The molecule has 1 aliphatic heterocycles. The molecule has 2 amide bonds. The number of nitro groups is 1. The predicted molar refractivity (Wildman–Crippen MR) is 110 cm³/mol. The number of nitrogens with one attached hydrogen (secondary N) is 1. The van der Waals surface area contributed by atoms with Crippen LogP contribution in [-0.2, 0) is 9.59 Å². The van der Waals surface area contributed by atoms with E-state index in [-0.39, 0.29) is 34.6 Å². The van der Waals surface area contributed by atoms with Gasteiger partial charge in [0.2, 0.25) is 5.91 Å². The molecule has 8 nitrogen and oxygen atoms in total. The minimum Gasteiger partial charge on any atom is -0.478 e. The topological polar surface area (TPSA) is 102 Å². The van der Waals surface area contributed by atoms with Gasteiger partial charge in [0, 0.05) is 11.1 Å². The van der Waals surface area contributed by atoms with Gasteiger partial charge < -0.3 is 10.1 Å². The summed E-state index contributed by atoms with van der Waals surface area (Å²) in [5, 5.41) is 14.4. The lowest BCUT2D eigenvalue weighted by Crippen LogP contribution is -2.50. The average molecular weight is 438 g/mol. The molecular weight excluding hydrogens is 421 g/mol. The highest BCUT2D eigenvalue weighted by atomic mass is 35.5. The lowest BCUT2D eigenvalue weighted by atomic mass is 10.0. The highest BCUT2D eigenvalue weighted by Crippen LogP contribution is 2.38. The van der Waals surface area contributed by atoms with E-state index in [0.717, 1.165) is 0 Å². The molecule has 0 aromatic heterocycles. The number of anilines is 2. The van der Waals surface area contributed by atoms with E-state index < -0.39 is 22.8 Å².